The van der Waals surface area contributed by atoms with Crippen LogP contribution in [0.25, 0.3) is 0 Å². The predicted molar refractivity (Wildman–Crippen MR) is 79.1 cm³/mol. The van der Waals surface area contributed by atoms with Crippen molar-refractivity contribution in [3.8, 4) is 0 Å². The minimum Gasteiger partial charge on any atom is -0.258 e. The van der Waals surface area contributed by atoms with Crippen LogP contribution in [0.5, 0.6) is 0 Å². The number of aryl methyl sites for hydroxylation is 2. The highest BCUT2D eigenvalue weighted by molar-refractivity contribution is 7.15. The third-order valence-electron chi connectivity index (χ3n) is 3.24. The van der Waals surface area contributed by atoms with Crippen LogP contribution in [0, 0.1) is 10.1 Å². The molecule has 0 atom stereocenters. The fraction of sp³-hybridized carbons (Fsp3) is 0.286. The van der Waals surface area contributed by atoms with Gasteiger partial charge in [-0.25, -0.2) is 9.98 Å². The van der Waals surface area contributed by atoms with Crippen LogP contribution in [-0.2, 0) is 12.8 Å². The van der Waals surface area contributed by atoms with Crippen LogP contribution in [-0.4, -0.2) is 16.1 Å². The molecule has 1 heterocycles. The first-order valence-electron chi connectivity index (χ1n) is 6.49. The van der Waals surface area contributed by atoms with Gasteiger partial charge in [0.25, 0.3) is 5.69 Å². The van der Waals surface area contributed by atoms with E-state index in [9.17, 15) is 10.1 Å². The first-order chi connectivity index (χ1) is 9.72. The Balaban J connectivity index is 1.81. The fourth-order valence-electron chi connectivity index (χ4n) is 2.24. The number of nitro groups is 1. The van der Waals surface area contributed by atoms with Crippen LogP contribution in [0.3, 0.4) is 0 Å². The highest BCUT2D eigenvalue weighted by Crippen LogP contribution is 2.31. The second-order valence-corrected chi connectivity index (χ2v) is 5.75. The number of hydrogen-bond donors (Lipinski definition) is 0. The summed E-state index contributed by atoms with van der Waals surface area (Å²) < 4.78 is 0. The summed E-state index contributed by atoms with van der Waals surface area (Å²) >= 11 is 1.62. The van der Waals surface area contributed by atoms with E-state index in [0.717, 1.165) is 18.0 Å². The highest BCUT2D eigenvalue weighted by atomic mass is 32.1. The van der Waals surface area contributed by atoms with Gasteiger partial charge < -0.3 is 0 Å². The van der Waals surface area contributed by atoms with Crippen molar-refractivity contribution in [2.45, 2.75) is 25.7 Å². The number of fused-ring (bicyclic) bond motifs is 1. The molecular formula is C14H13N3O2S. The van der Waals surface area contributed by atoms with Gasteiger partial charge in [-0.3, -0.25) is 10.1 Å². The molecule has 6 heteroatoms. The zero-order valence-electron chi connectivity index (χ0n) is 10.8. The van der Waals surface area contributed by atoms with Crippen molar-refractivity contribution < 1.29 is 4.92 Å². The van der Waals surface area contributed by atoms with Gasteiger partial charge in [0.1, 0.15) is 0 Å². The molecule has 0 saturated carbocycles. The van der Waals surface area contributed by atoms with E-state index in [1.807, 2.05) is 0 Å². The van der Waals surface area contributed by atoms with Gasteiger partial charge in [-0.2, -0.15) is 0 Å². The molecule has 2 aromatic rings. The van der Waals surface area contributed by atoms with Crippen LogP contribution in [0.1, 0.15) is 29.0 Å². The molecule has 0 unspecified atom stereocenters. The topological polar surface area (TPSA) is 68.4 Å². The van der Waals surface area contributed by atoms with Crippen molar-refractivity contribution in [3.05, 3.63) is 50.5 Å². The maximum atomic E-state index is 10.7. The van der Waals surface area contributed by atoms with Gasteiger partial charge in [-0.05, 0) is 31.2 Å². The highest BCUT2D eigenvalue weighted by Gasteiger charge is 2.14. The molecule has 0 radical (unpaired) electrons. The molecular weight excluding hydrogens is 274 g/mol. The van der Waals surface area contributed by atoms with Gasteiger partial charge >= 0.3 is 0 Å². The van der Waals surface area contributed by atoms with E-state index >= 15 is 0 Å². The van der Waals surface area contributed by atoms with Crippen LogP contribution in [0.4, 0.5) is 10.8 Å². The van der Waals surface area contributed by atoms with Crippen molar-refractivity contribution >= 4 is 28.4 Å². The van der Waals surface area contributed by atoms with Crippen molar-refractivity contribution in [2.24, 2.45) is 4.99 Å². The number of nitrogens with zero attached hydrogens (tertiary/aromatic N) is 3. The van der Waals surface area contributed by atoms with Crippen molar-refractivity contribution in [3.63, 3.8) is 0 Å². The SMILES string of the molecule is O=[N+]([O-])c1cccc(/C=N/c2nc3c(s2)CCCC3)c1. The van der Waals surface area contributed by atoms with Crippen molar-refractivity contribution in [2.75, 3.05) is 0 Å². The van der Waals surface area contributed by atoms with Crippen molar-refractivity contribution in [1.82, 2.24) is 4.98 Å². The molecule has 5 nitrogen and oxygen atoms in total. The molecule has 0 aliphatic heterocycles. The third kappa shape index (κ3) is 2.75. The molecule has 1 aromatic heterocycles. The van der Waals surface area contributed by atoms with Gasteiger partial charge in [0.05, 0.1) is 10.6 Å². The lowest BCUT2D eigenvalue weighted by Gasteiger charge is -2.06. The monoisotopic (exact) mass is 287 g/mol. The maximum Gasteiger partial charge on any atom is 0.270 e. The molecule has 0 spiro atoms. The normalized spacial score (nSPS) is 14.4. The number of hydrogen-bond acceptors (Lipinski definition) is 5. The Morgan fingerprint density at radius 2 is 2.20 bits per heavy atom. The quantitative estimate of drug-likeness (QED) is 0.491. The van der Waals surface area contributed by atoms with Crippen LogP contribution in [0.2, 0.25) is 0 Å². The van der Waals surface area contributed by atoms with Gasteiger partial charge in [0, 0.05) is 23.2 Å². The summed E-state index contributed by atoms with van der Waals surface area (Å²) in [6.45, 7) is 0. The number of aromatic nitrogens is 1. The van der Waals surface area contributed by atoms with Gasteiger partial charge in [0.2, 0.25) is 5.13 Å². The van der Waals surface area contributed by atoms with E-state index in [-0.39, 0.29) is 5.69 Å². The number of aliphatic imine (C=N–C) groups is 1. The van der Waals surface area contributed by atoms with E-state index in [1.54, 1.807) is 29.7 Å². The molecule has 1 aliphatic rings. The number of non-ortho nitro benzene ring substituents is 1. The summed E-state index contributed by atoms with van der Waals surface area (Å²) in [5.74, 6) is 0. The molecule has 20 heavy (non-hydrogen) atoms. The average Bonchev–Trinajstić information content (AvgIpc) is 2.88. The number of thiazole rings is 1. The van der Waals surface area contributed by atoms with E-state index < -0.39 is 4.92 Å². The summed E-state index contributed by atoms with van der Waals surface area (Å²) in [5, 5.41) is 11.5. The zero-order valence-corrected chi connectivity index (χ0v) is 11.6. The Morgan fingerprint density at radius 3 is 3.00 bits per heavy atom. The van der Waals surface area contributed by atoms with E-state index in [1.165, 1.54) is 35.5 Å². The van der Waals surface area contributed by atoms with E-state index in [2.05, 4.69) is 9.98 Å². The lowest BCUT2D eigenvalue weighted by Crippen LogP contribution is -1.98. The smallest absolute Gasteiger partial charge is 0.258 e. The Hall–Kier alpha value is -2.08. The molecule has 0 amide bonds. The van der Waals surface area contributed by atoms with Gasteiger partial charge in [0.15, 0.2) is 0 Å². The number of rotatable bonds is 3. The van der Waals surface area contributed by atoms with E-state index in [0.29, 0.717) is 5.56 Å². The first-order valence-corrected chi connectivity index (χ1v) is 7.31. The Bertz CT molecular complexity index is 655. The summed E-state index contributed by atoms with van der Waals surface area (Å²) in [6.07, 6.45) is 6.20. The second-order valence-electron chi connectivity index (χ2n) is 4.68. The Labute approximate surface area is 120 Å². The van der Waals surface area contributed by atoms with Crippen LogP contribution < -0.4 is 0 Å². The van der Waals surface area contributed by atoms with Gasteiger partial charge in [-0.1, -0.05) is 23.5 Å². The predicted octanol–water partition coefficient (Wildman–Crippen LogP) is 3.68. The lowest BCUT2D eigenvalue weighted by atomic mass is 10.0. The van der Waals surface area contributed by atoms with Crippen molar-refractivity contribution in [1.29, 1.82) is 0 Å². The lowest BCUT2D eigenvalue weighted by molar-refractivity contribution is -0.384. The molecule has 1 aromatic carbocycles. The van der Waals surface area contributed by atoms with Crippen LogP contribution in [0.15, 0.2) is 29.3 Å². The van der Waals surface area contributed by atoms with Crippen LogP contribution >= 0.6 is 11.3 Å². The average molecular weight is 287 g/mol. The number of benzene rings is 1. The largest absolute Gasteiger partial charge is 0.270 e. The van der Waals surface area contributed by atoms with Gasteiger partial charge in [-0.15, -0.1) is 0 Å². The zero-order chi connectivity index (χ0) is 13.9. The Kier molecular flexibility index (Phi) is 3.56. The van der Waals surface area contributed by atoms with E-state index in [4.69, 9.17) is 0 Å². The summed E-state index contributed by atoms with van der Waals surface area (Å²) in [7, 11) is 0. The summed E-state index contributed by atoms with van der Waals surface area (Å²) in [6, 6.07) is 6.44. The maximum absolute atomic E-state index is 10.7. The minimum absolute atomic E-state index is 0.0763. The molecule has 0 saturated heterocycles. The summed E-state index contributed by atoms with van der Waals surface area (Å²) in [5.41, 5.74) is 1.96. The Morgan fingerprint density at radius 1 is 1.35 bits per heavy atom. The molecule has 0 bridgehead atoms. The molecule has 3 rings (SSSR count). The summed E-state index contributed by atoms with van der Waals surface area (Å²) in [4.78, 5) is 20.5. The molecule has 0 fully saturated rings. The molecule has 1 aliphatic carbocycles. The second kappa shape index (κ2) is 5.50. The minimum atomic E-state index is -0.403. The standard InChI is InChI=1S/C14H13N3O2S/c18-17(19)11-5-3-4-10(8-11)9-15-14-16-12-6-1-2-7-13(12)20-14/h3-5,8-9H,1-2,6-7H2/b15-9+. The number of nitro benzene ring substituents is 1. The fourth-order valence-corrected chi connectivity index (χ4v) is 3.24. The molecule has 102 valence electrons. The molecule has 0 N–H and O–H groups in total. The third-order valence-corrected chi connectivity index (χ3v) is 4.30. The first kappa shape index (κ1) is 12.9.